The van der Waals surface area contributed by atoms with Crippen molar-refractivity contribution < 1.29 is 53.4 Å². The van der Waals surface area contributed by atoms with E-state index in [9.17, 15) is 25.2 Å². The Balaban J connectivity index is 0.962. The van der Waals surface area contributed by atoms with Crippen LogP contribution in [0.15, 0.2) is 71.3 Å². The number of nitrogens with zero attached hydrogens (tertiary/aromatic N) is 1. The highest BCUT2D eigenvalue weighted by Gasteiger charge is 2.26. The minimum atomic E-state index is -0.453. The van der Waals surface area contributed by atoms with E-state index in [2.05, 4.69) is 15.8 Å². The largest absolute Gasteiger partial charge is 0.497 e. The zero-order valence-corrected chi connectivity index (χ0v) is 32.3. The van der Waals surface area contributed by atoms with E-state index >= 15 is 0 Å². The fraction of sp³-hybridized carbons (Fsp3) is 0.349. The van der Waals surface area contributed by atoms with Crippen LogP contribution in [0.4, 0.5) is 5.69 Å². The van der Waals surface area contributed by atoms with Crippen molar-refractivity contribution in [2.45, 2.75) is 64.7 Å². The van der Waals surface area contributed by atoms with Crippen molar-refractivity contribution in [1.82, 2.24) is 10.5 Å². The lowest BCUT2D eigenvalue weighted by atomic mass is 9.97. The number of aromatic nitrogens is 1. The standard InChI is InChI=1S/C43H49N3O11/c1-52-32-10-11-35-33(20-32)43(51)45-42(44-35)26-9-12-37(31(15-26)24-49)55-13-7-5-4-6-8-14-56-41-39(53-2)18-28(19-40(41)54-3)38-21-36(46-57-38)27-16-29(22-47)34(25-50)30(17-27)23-48/h9-12,15-21,42,44,47-50H,4-8,13-14,22-25H2,1-3H3,(H,45,51). The van der Waals surface area contributed by atoms with Crippen LogP contribution in [0.1, 0.15) is 76.4 Å². The van der Waals surface area contributed by atoms with Crippen LogP contribution in [0.2, 0.25) is 0 Å². The maximum atomic E-state index is 12.8. The topological polar surface area (TPSA) is 194 Å². The zero-order chi connectivity index (χ0) is 40.3. The second kappa shape index (κ2) is 19.4. The third kappa shape index (κ3) is 9.43. The van der Waals surface area contributed by atoms with Gasteiger partial charge in [-0.1, -0.05) is 30.5 Å². The number of fused-ring (bicyclic) bond motifs is 1. The van der Waals surface area contributed by atoms with Gasteiger partial charge in [-0.3, -0.25) is 4.79 Å². The predicted molar refractivity (Wildman–Crippen MR) is 212 cm³/mol. The third-order valence-corrected chi connectivity index (χ3v) is 9.91. The number of hydrogen-bond acceptors (Lipinski definition) is 13. The zero-order valence-electron chi connectivity index (χ0n) is 32.3. The normalized spacial score (nSPS) is 13.4. The van der Waals surface area contributed by atoms with Crippen LogP contribution in [0.3, 0.4) is 0 Å². The Morgan fingerprint density at radius 2 is 1.32 bits per heavy atom. The number of carbonyl (C=O) groups is 1. The van der Waals surface area contributed by atoms with Crippen molar-refractivity contribution in [2.75, 3.05) is 39.9 Å². The van der Waals surface area contributed by atoms with Crippen LogP contribution in [0.5, 0.6) is 28.7 Å². The quantitative estimate of drug-likeness (QED) is 0.0485. The van der Waals surface area contributed by atoms with E-state index in [1.807, 2.05) is 24.3 Å². The molecule has 0 spiro atoms. The van der Waals surface area contributed by atoms with Gasteiger partial charge < -0.3 is 59.3 Å². The third-order valence-electron chi connectivity index (χ3n) is 9.91. The summed E-state index contributed by atoms with van der Waals surface area (Å²) >= 11 is 0. The molecule has 1 unspecified atom stereocenters. The molecule has 2 heterocycles. The maximum absolute atomic E-state index is 12.8. The average molecular weight is 784 g/mol. The van der Waals surface area contributed by atoms with E-state index in [1.54, 1.807) is 63.8 Å². The molecule has 14 nitrogen and oxygen atoms in total. The van der Waals surface area contributed by atoms with E-state index in [0.29, 0.717) is 98.0 Å². The molecule has 1 atom stereocenters. The number of methoxy groups -OCH3 is 3. The Hall–Kier alpha value is -5.80. The lowest BCUT2D eigenvalue weighted by molar-refractivity contribution is 0.0935. The van der Waals surface area contributed by atoms with Crippen molar-refractivity contribution in [1.29, 1.82) is 0 Å². The van der Waals surface area contributed by atoms with Gasteiger partial charge in [0.1, 0.15) is 23.4 Å². The van der Waals surface area contributed by atoms with Crippen LogP contribution in [0, 0.1) is 0 Å². The number of carbonyl (C=O) groups excluding carboxylic acids is 1. The summed E-state index contributed by atoms with van der Waals surface area (Å²) in [6.45, 7) is -0.129. The number of ether oxygens (including phenoxy) is 5. The molecule has 6 N–H and O–H groups in total. The van der Waals surface area contributed by atoms with Gasteiger partial charge in [0.05, 0.1) is 66.5 Å². The molecule has 1 amide bonds. The fourth-order valence-electron chi connectivity index (χ4n) is 6.81. The smallest absolute Gasteiger partial charge is 0.255 e. The second-order valence-electron chi connectivity index (χ2n) is 13.5. The Morgan fingerprint density at radius 1 is 0.649 bits per heavy atom. The molecular weight excluding hydrogens is 734 g/mol. The van der Waals surface area contributed by atoms with E-state index in [4.69, 9.17) is 28.2 Å². The van der Waals surface area contributed by atoms with Crippen molar-refractivity contribution in [3.8, 4) is 51.3 Å². The molecule has 57 heavy (non-hydrogen) atoms. The summed E-state index contributed by atoms with van der Waals surface area (Å²) in [6.07, 6.45) is 4.11. The van der Waals surface area contributed by atoms with Crippen molar-refractivity contribution in [3.63, 3.8) is 0 Å². The fourth-order valence-corrected chi connectivity index (χ4v) is 6.81. The number of anilines is 1. The van der Waals surface area contributed by atoms with Gasteiger partial charge in [0.25, 0.3) is 5.91 Å². The van der Waals surface area contributed by atoms with Crippen molar-refractivity contribution in [2.24, 2.45) is 0 Å². The number of unbranched alkanes of at least 4 members (excludes halogenated alkanes) is 4. The Bertz CT molecular complexity index is 2100. The highest BCUT2D eigenvalue weighted by molar-refractivity contribution is 6.02. The summed E-state index contributed by atoms with van der Waals surface area (Å²) in [6, 6.07) is 19.6. The van der Waals surface area contributed by atoms with Crippen LogP contribution in [0.25, 0.3) is 22.6 Å². The number of amides is 1. The molecule has 0 radical (unpaired) electrons. The van der Waals surface area contributed by atoms with Gasteiger partial charge >= 0.3 is 0 Å². The SMILES string of the molecule is COc1ccc2c(c1)C(=O)NC(c1ccc(OCCCCCCCOc3c(OC)cc(-c4cc(-c5cc(CO)c(CO)c(CO)c5)no4)cc3OC)c(CO)c1)N2. The first-order valence-corrected chi connectivity index (χ1v) is 18.8. The van der Waals surface area contributed by atoms with Crippen molar-refractivity contribution in [3.05, 3.63) is 100 Å². The van der Waals surface area contributed by atoms with Crippen LogP contribution in [-0.4, -0.2) is 66.0 Å². The highest BCUT2D eigenvalue weighted by Crippen LogP contribution is 2.42. The summed E-state index contributed by atoms with van der Waals surface area (Å²) in [7, 11) is 4.66. The minimum absolute atomic E-state index is 0.196. The molecule has 6 rings (SSSR count). The number of rotatable bonds is 20. The lowest BCUT2D eigenvalue weighted by Crippen LogP contribution is -2.38. The molecule has 1 aliphatic heterocycles. The predicted octanol–water partition coefficient (Wildman–Crippen LogP) is 6.27. The monoisotopic (exact) mass is 783 g/mol. The minimum Gasteiger partial charge on any atom is -0.497 e. The molecule has 14 heteroatoms. The first-order chi connectivity index (χ1) is 27.8. The molecule has 1 aliphatic rings. The average Bonchev–Trinajstić information content (AvgIpc) is 3.75. The van der Waals surface area contributed by atoms with E-state index in [0.717, 1.165) is 37.7 Å². The summed E-state index contributed by atoms with van der Waals surface area (Å²) in [5.74, 6) is 2.88. The summed E-state index contributed by atoms with van der Waals surface area (Å²) in [5.41, 5.74) is 5.92. The second-order valence-corrected chi connectivity index (χ2v) is 13.5. The first-order valence-electron chi connectivity index (χ1n) is 18.8. The molecule has 0 aliphatic carbocycles. The van der Waals surface area contributed by atoms with E-state index < -0.39 is 6.17 Å². The molecule has 0 bridgehead atoms. The molecule has 302 valence electrons. The molecule has 1 aromatic heterocycles. The molecule has 4 aromatic carbocycles. The number of hydrogen-bond donors (Lipinski definition) is 6. The van der Waals surface area contributed by atoms with Gasteiger partial charge in [-0.05, 0) is 89.7 Å². The summed E-state index contributed by atoms with van der Waals surface area (Å²) in [4.78, 5) is 12.8. The Labute approximate surface area is 330 Å². The summed E-state index contributed by atoms with van der Waals surface area (Å²) in [5, 5.41) is 49.9. The number of aliphatic hydroxyl groups is 4. The van der Waals surface area contributed by atoms with Gasteiger partial charge in [0, 0.05) is 28.4 Å². The van der Waals surface area contributed by atoms with Gasteiger partial charge in [-0.2, -0.15) is 0 Å². The maximum Gasteiger partial charge on any atom is 0.255 e. The van der Waals surface area contributed by atoms with E-state index in [1.165, 1.54) is 0 Å². The van der Waals surface area contributed by atoms with Crippen LogP contribution < -0.4 is 34.3 Å². The van der Waals surface area contributed by atoms with Gasteiger partial charge in [-0.15, -0.1) is 0 Å². The molecule has 0 saturated heterocycles. The van der Waals surface area contributed by atoms with Gasteiger partial charge in [0.15, 0.2) is 17.3 Å². The van der Waals surface area contributed by atoms with Crippen LogP contribution in [-0.2, 0) is 26.4 Å². The number of nitrogens with one attached hydrogen (secondary N) is 2. The van der Waals surface area contributed by atoms with Gasteiger partial charge in [0.2, 0.25) is 5.75 Å². The highest BCUT2D eigenvalue weighted by atomic mass is 16.5. The molecule has 0 fully saturated rings. The molecular formula is C43H49N3O11. The number of aliphatic hydroxyl groups excluding tert-OH is 4. The lowest BCUT2D eigenvalue weighted by Gasteiger charge is -2.29. The summed E-state index contributed by atoms with van der Waals surface area (Å²) < 4.78 is 34.4. The Kier molecular flexibility index (Phi) is 13.9. The molecule has 5 aromatic rings. The van der Waals surface area contributed by atoms with Gasteiger partial charge in [-0.25, -0.2) is 0 Å². The van der Waals surface area contributed by atoms with Crippen LogP contribution >= 0.6 is 0 Å². The Morgan fingerprint density at radius 3 is 1.95 bits per heavy atom. The van der Waals surface area contributed by atoms with E-state index in [-0.39, 0.29) is 32.3 Å². The number of benzene rings is 4. The molecule has 0 saturated carbocycles. The van der Waals surface area contributed by atoms with Crippen molar-refractivity contribution >= 4 is 11.6 Å². The first kappa shape index (κ1) is 40.9.